The summed E-state index contributed by atoms with van der Waals surface area (Å²) in [5.41, 5.74) is 2.93. The van der Waals surface area contributed by atoms with Gasteiger partial charge in [0.25, 0.3) is 0 Å². The normalized spacial score (nSPS) is 9.44. The van der Waals surface area contributed by atoms with Crippen LogP contribution >= 0.6 is 0 Å². The fourth-order valence-electron chi connectivity index (χ4n) is 2.69. The minimum Gasteiger partial charge on any atom is -0.0683 e. The summed E-state index contributed by atoms with van der Waals surface area (Å²) in [5, 5.41) is 0. The maximum atomic E-state index is 2.27. The first kappa shape index (κ1) is 23.4. The van der Waals surface area contributed by atoms with Crippen molar-refractivity contribution in [3.8, 4) is 0 Å². The topological polar surface area (TPSA) is 0 Å². The zero-order valence-corrected chi connectivity index (χ0v) is 17.1. The second-order valence-electron chi connectivity index (χ2n) is 6.24. The third-order valence-corrected chi connectivity index (χ3v) is 4.04. The van der Waals surface area contributed by atoms with E-state index in [1.807, 2.05) is 13.8 Å². The number of hydrogen-bond acceptors (Lipinski definition) is 0. The lowest BCUT2D eigenvalue weighted by Crippen LogP contribution is -1.85. The van der Waals surface area contributed by atoms with Crippen molar-refractivity contribution in [2.24, 2.45) is 0 Å². The number of benzene rings is 2. The molecule has 2 aromatic rings. The van der Waals surface area contributed by atoms with E-state index < -0.39 is 0 Å². The van der Waals surface area contributed by atoms with Gasteiger partial charge in [0.2, 0.25) is 0 Å². The van der Waals surface area contributed by atoms with Crippen LogP contribution in [0.25, 0.3) is 0 Å². The lowest BCUT2D eigenvalue weighted by Gasteiger charge is -2.01. The van der Waals surface area contributed by atoms with Crippen molar-refractivity contribution < 1.29 is 0 Å². The molecular formula is C25H40. The highest BCUT2D eigenvalue weighted by molar-refractivity contribution is 5.15. The predicted molar refractivity (Wildman–Crippen MR) is 115 cm³/mol. The molecule has 0 N–H and O–H groups in total. The third-order valence-electron chi connectivity index (χ3n) is 4.04. The highest BCUT2D eigenvalue weighted by Crippen LogP contribution is 2.09. The van der Waals surface area contributed by atoms with Crippen LogP contribution in [0.5, 0.6) is 0 Å². The van der Waals surface area contributed by atoms with Gasteiger partial charge >= 0.3 is 0 Å². The summed E-state index contributed by atoms with van der Waals surface area (Å²) in [6.45, 7) is 8.47. The number of unbranched alkanes of at least 4 members (excludes halogenated alkanes) is 5. The Morgan fingerprint density at radius 3 is 1.40 bits per heavy atom. The molecule has 0 spiro atoms. The van der Waals surface area contributed by atoms with Gasteiger partial charge in [-0.15, -0.1) is 0 Å². The minimum atomic E-state index is 1.21. The highest BCUT2D eigenvalue weighted by atomic mass is 14.0. The summed E-state index contributed by atoms with van der Waals surface area (Å²) in [5.74, 6) is 0. The van der Waals surface area contributed by atoms with Gasteiger partial charge in [0.05, 0.1) is 0 Å². The molecule has 0 nitrogen and oxygen atoms in total. The fraction of sp³-hybridized carbons (Fsp3) is 0.520. The summed E-state index contributed by atoms with van der Waals surface area (Å²) in [4.78, 5) is 0. The zero-order valence-electron chi connectivity index (χ0n) is 17.1. The summed E-state index contributed by atoms with van der Waals surface area (Å²) in [6.07, 6.45) is 12.1. The van der Waals surface area contributed by atoms with E-state index in [-0.39, 0.29) is 0 Å². The van der Waals surface area contributed by atoms with Gasteiger partial charge in [-0.05, 0) is 30.4 Å². The van der Waals surface area contributed by atoms with E-state index in [1.54, 1.807) is 0 Å². The van der Waals surface area contributed by atoms with Gasteiger partial charge in [-0.2, -0.15) is 0 Å². The van der Waals surface area contributed by atoms with Gasteiger partial charge in [-0.1, -0.05) is 127 Å². The molecular weight excluding hydrogens is 300 g/mol. The Balaban J connectivity index is 0.000000451. The molecule has 0 unspecified atom stereocenters. The second kappa shape index (κ2) is 18.8. The molecule has 140 valence electrons. The van der Waals surface area contributed by atoms with E-state index in [1.165, 1.54) is 68.9 Å². The molecule has 0 heterocycles. The van der Waals surface area contributed by atoms with E-state index in [0.717, 1.165) is 0 Å². The van der Waals surface area contributed by atoms with Crippen LogP contribution in [-0.4, -0.2) is 0 Å². The number of hydrogen-bond donors (Lipinski definition) is 0. The van der Waals surface area contributed by atoms with Gasteiger partial charge in [-0.3, -0.25) is 0 Å². The Labute approximate surface area is 157 Å². The Hall–Kier alpha value is -1.56. The summed E-state index contributed by atoms with van der Waals surface area (Å²) >= 11 is 0. The molecule has 0 aliphatic carbocycles. The van der Waals surface area contributed by atoms with E-state index in [9.17, 15) is 0 Å². The lowest BCUT2D eigenvalue weighted by atomic mass is 10.1. The average molecular weight is 341 g/mol. The monoisotopic (exact) mass is 340 g/mol. The summed E-state index contributed by atoms with van der Waals surface area (Å²) in [7, 11) is 0. The number of aryl methyl sites for hydroxylation is 2. The van der Waals surface area contributed by atoms with E-state index in [2.05, 4.69) is 74.5 Å². The molecule has 2 aromatic carbocycles. The van der Waals surface area contributed by atoms with Gasteiger partial charge < -0.3 is 0 Å². The molecule has 0 bridgehead atoms. The number of rotatable bonds is 9. The first-order chi connectivity index (χ1) is 12.4. The van der Waals surface area contributed by atoms with E-state index in [0.29, 0.717) is 0 Å². The van der Waals surface area contributed by atoms with Crippen molar-refractivity contribution in [1.82, 2.24) is 0 Å². The van der Waals surface area contributed by atoms with Gasteiger partial charge in [0, 0.05) is 0 Å². The molecule has 0 aliphatic heterocycles. The van der Waals surface area contributed by atoms with Crippen molar-refractivity contribution in [2.45, 2.75) is 85.5 Å². The largest absolute Gasteiger partial charge is 0.0683 e. The molecule has 0 fully saturated rings. The molecule has 0 aliphatic rings. The average Bonchev–Trinajstić information content (AvgIpc) is 2.69. The second-order valence-corrected chi connectivity index (χ2v) is 6.24. The van der Waals surface area contributed by atoms with Crippen molar-refractivity contribution >= 4 is 0 Å². The maximum Gasteiger partial charge on any atom is -0.0279 e. The smallest absolute Gasteiger partial charge is 0.0279 e. The third kappa shape index (κ3) is 14.5. The molecule has 0 saturated heterocycles. The van der Waals surface area contributed by atoms with Crippen molar-refractivity contribution in [3.05, 3.63) is 71.8 Å². The molecule has 0 saturated carbocycles. The van der Waals surface area contributed by atoms with E-state index in [4.69, 9.17) is 0 Å². The van der Waals surface area contributed by atoms with Crippen LogP contribution in [0.3, 0.4) is 0 Å². The van der Waals surface area contributed by atoms with Crippen LogP contribution < -0.4 is 0 Å². The summed E-state index contributed by atoms with van der Waals surface area (Å²) < 4.78 is 0. The highest BCUT2D eigenvalue weighted by Gasteiger charge is 1.92. The molecule has 0 atom stereocenters. The minimum absolute atomic E-state index is 1.21. The van der Waals surface area contributed by atoms with Crippen LogP contribution in [0.15, 0.2) is 60.7 Å². The van der Waals surface area contributed by atoms with Crippen LogP contribution in [0, 0.1) is 0 Å². The lowest BCUT2D eigenvalue weighted by molar-refractivity contribution is 0.607. The molecule has 25 heavy (non-hydrogen) atoms. The molecule has 0 radical (unpaired) electrons. The quantitative estimate of drug-likeness (QED) is 0.403. The van der Waals surface area contributed by atoms with Gasteiger partial charge in [0.1, 0.15) is 0 Å². The van der Waals surface area contributed by atoms with Gasteiger partial charge in [-0.25, -0.2) is 0 Å². The Kier molecular flexibility index (Phi) is 17.6. The Bertz CT molecular complexity index is 458. The van der Waals surface area contributed by atoms with Crippen LogP contribution in [0.1, 0.15) is 83.8 Å². The van der Waals surface area contributed by atoms with Crippen LogP contribution in [0.2, 0.25) is 0 Å². The standard InChI is InChI=1S/C14H22.C9H12.C2H6/c1-2-3-4-5-6-8-11-14-12-9-7-10-13-14;1-2-6-9-7-4-3-5-8-9;1-2/h7,9-10,12-13H,2-6,8,11H2,1H3;3-5,7-8H,2,6H2,1H3;1-2H3. The van der Waals surface area contributed by atoms with Crippen molar-refractivity contribution in [3.63, 3.8) is 0 Å². The van der Waals surface area contributed by atoms with Crippen LogP contribution in [-0.2, 0) is 12.8 Å². The molecule has 0 heteroatoms. The SMILES string of the molecule is CC.CCCCCCCCc1ccccc1.CCCc1ccccc1. The van der Waals surface area contributed by atoms with Crippen LogP contribution in [0.4, 0.5) is 0 Å². The molecule has 0 amide bonds. The first-order valence-corrected chi connectivity index (χ1v) is 10.4. The molecule has 2 rings (SSSR count). The summed E-state index contributed by atoms with van der Waals surface area (Å²) in [6, 6.07) is 21.4. The molecule has 0 aromatic heterocycles. The Morgan fingerprint density at radius 2 is 0.920 bits per heavy atom. The van der Waals surface area contributed by atoms with Gasteiger partial charge in [0.15, 0.2) is 0 Å². The predicted octanol–water partition coefficient (Wildman–Crippen LogP) is 8.25. The van der Waals surface area contributed by atoms with E-state index >= 15 is 0 Å². The zero-order chi connectivity index (χ0) is 18.6. The fourth-order valence-corrected chi connectivity index (χ4v) is 2.69. The maximum absolute atomic E-state index is 2.27. The van der Waals surface area contributed by atoms with Crippen molar-refractivity contribution in [2.75, 3.05) is 0 Å². The van der Waals surface area contributed by atoms with Crippen molar-refractivity contribution in [1.29, 1.82) is 0 Å². The Morgan fingerprint density at radius 1 is 0.480 bits per heavy atom. The first-order valence-electron chi connectivity index (χ1n) is 10.4.